The number of nitrogens with one attached hydrogen (secondary N) is 1. The fraction of sp³-hybridized carbons (Fsp3) is 0.350. The van der Waals surface area contributed by atoms with Gasteiger partial charge in [0, 0.05) is 12.3 Å². The average molecular weight is 307 g/mol. The van der Waals surface area contributed by atoms with Crippen molar-refractivity contribution >= 4 is 5.91 Å². The molecule has 3 heteroatoms. The predicted molar refractivity (Wildman–Crippen MR) is 89.1 cm³/mol. The molecule has 2 N–H and O–H groups in total. The summed E-state index contributed by atoms with van der Waals surface area (Å²) in [6.45, 7) is 2.10. The van der Waals surface area contributed by atoms with Gasteiger partial charge in [-0.1, -0.05) is 48.5 Å². The number of hydrogen-bond donors (Lipinski definition) is 2. The molecule has 4 atom stereocenters. The SMILES string of the molecule is Cc1ccccc1C1CC1C(=O)NC1c2ccccc2CC1O. The van der Waals surface area contributed by atoms with Crippen molar-refractivity contribution < 1.29 is 9.90 Å². The first-order valence-corrected chi connectivity index (χ1v) is 8.27. The Morgan fingerprint density at radius 1 is 1.09 bits per heavy atom. The van der Waals surface area contributed by atoms with Crippen LogP contribution >= 0.6 is 0 Å². The van der Waals surface area contributed by atoms with E-state index in [1.807, 2.05) is 36.4 Å². The number of carbonyl (C=O) groups is 1. The molecule has 1 saturated carbocycles. The molecule has 2 aromatic carbocycles. The van der Waals surface area contributed by atoms with Crippen LogP contribution in [0.25, 0.3) is 0 Å². The predicted octanol–water partition coefficient (Wildman–Crippen LogP) is 2.87. The average Bonchev–Trinajstić information content (AvgIpc) is 3.28. The van der Waals surface area contributed by atoms with Crippen molar-refractivity contribution in [2.75, 3.05) is 0 Å². The minimum absolute atomic E-state index is 0.0380. The zero-order chi connectivity index (χ0) is 16.0. The molecule has 3 nitrogen and oxygen atoms in total. The first-order valence-electron chi connectivity index (χ1n) is 8.27. The summed E-state index contributed by atoms with van der Waals surface area (Å²) >= 11 is 0. The zero-order valence-electron chi connectivity index (χ0n) is 13.2. The Labute approximate surface area is 136 Å². The van der Waals surface area contributed by atoms with E-state index in [-0.39, 0.29) is 17.9 Å². The van der Waals surface area contributed by atoms with Crippen LogP contribution in [0.3, 0.4) is 0 Å². The van der Waals surface area contributed by atoms with Gasteiger partial charge >= 0.3 is 0 Å². The maximum Gasteiger partial charge on any atom is 0.224 e. The second kappa shape index (κ2) is 5.50. The minimum Gasteiger partial charge on any atom is -0.390 e. The van der Waals surface area contributed by atoms with Crippen molar-refractivity contribution in [1.29, 1.82) is 0 Å². The molecule has 1 amide bonds. The Hall–Kier alpha value is -2.13. The summed E-state index contributed by atoms with van der Waals surface area (Å²) in [7, 11) is 0. The van der Waals surface area contributed by atoms with Gasteiger partial charge in [-0.3, -0.25) is 4.79 Å². The molecular formula is C20H21NO2. The molecule has 2 aliphatic carbocycles. The molecule has 0 spiro atoms. The van der Waals surface area contributed by atoms with Crippen molar-refractivity contribution in [2.45, 2.75) is 37.8 Å². The lowest BCUT2D eigenvalue weighted by Crippen LogP contribution is -2.35. The lowest BCUT2D eigenvalue weighted by atomic mass is 10.0. The number of aliphatic hydroxyl groups is 1. The Balaban J connectivity index is 1.47. The van der Waals surface area contributed by atoms with Crippen LogP contribution in [-0.4, -0.2) is 17.1 Å². The Bertz CT molecular complexity index is 755. The van der Waals surface area contributed by atoms with Crippen LogP contribution in [0.2, 0.25) is 0 Å². The van der Waals surface area contributed by atoms with Crippen LogP contribution in [0.1, 0.15) is 40.6 Å². The van der Waals surface area contributed by atoms with Gasteiger partial charge in [0.1, 0.15) is 0 Å². The molecule has 1 fully saturated rings. The molecule has 0 bridgehead atoms. The molecule has 4 unspecified atom stereocenters. The summed E-state index contributed by atoms with van der Waals surface area (Å²) in [6.07, 6.45) is 1.00. The van der Waals surface area contributed by atoms with Gasteiger partial charge in [-0.15, -0.1) is 0 Å². The third-order valence-electron chi connectivity index (χ3n) is 5.22. The number of benzene rings is 2. The van der Waals surface area contributed by atoms with Gasteiger partial charge in [0.2, 0.25) is 5.91 Å². The van der Waals surface area contributed by atoms with Crippen LogP contribution in [0, 0.1) is 12.8 Å². The molecule has 0 aliphatic heterocycles. The summed E-state index contributed by atoms with van der Waals surface area (Å²) in [6, 6.07) is 16.0. The number of rotatable bonds is 3. The molecule has 2 aromatic rings. The Morgan fingerprint density at radius 2 is 1.78 bits per heavy atom. The van der Waals surface area contributed by atoms with Gasteiger partial charge in [-0.25, -0.2) is 0 Å². The maximum absolute atomic E-state index is 12.6. The van der Waals surface area contributed by atoms with E-state index in [1.165, 1.54) is 11.1 Å². The molecule has 4 rings (SSSR count). The third kappa shape index (κ3) is 2.55. The van der Waals surface area contributed by atoms with Gasteiger partial charge < -0.3 is 10.4 Å². The van der Waals surface area contributed by atoms with Crippen LogP contribution in [-0.2, 0) is 11.2 Å². The monoisotopic (exact) mass is 307 g/mol. The van der Waals surface area contributed by atoms with Gasteiger partial charge in [0.05, 0.1) is 12.1 Å². The summed E-state index contributed by atoms with van der Waals surface area (Å²) < 4.78 is 0. The smallest absolute Gasteiger partial charge is 0.224 e. The number of aliphatic hydroxyl groups excluding tert-OH is 1. The number of fused-ring (bicyclic) bond motifs is 1. The van der Waals surface area contributed by atoms with Gasteiger partial charge in [-0.05, 0) is 41.5 Å². The van der Waals surface area contributed by atoms with E-state index < -0.39 is 6.10 Å². The number of carbonyl (C=O) groups excluding carboxylic acids is 1. The van der Waals surface area contributed by atoms with Crippen molar-refractivity contribution in [3.8, 4) is 0 Å². The number of hydrogen-bond acceptors (Lipinski definition) is 2. The van der Waals surface area contributed by atoms with Crippen molar-refractivity contribution in [1.82, 2.24) is 5.32 Å². The van der Waals surface area contributed by atoms with E-state index in [4.69, 9.17) is 0 Å². The Kier molecular flexibility index (Phi) is 3.46. The van der Waals surface area contributed by atoms with E-state index in [1.54, 1.807) is 0 Å². The fourth-order valence-corrected chi connectivity index (χ4v) is 3.84. The minimum atomic E-state index is -0.521. The van der Waals surface area contributed by atoms with Crippen LogP contribution in [0.5, 0.6) is 0 Å². The van der Waals surface area contributed by atoms with E-state index in [0.717, 1.165) is 17.5 Å². The van der Waals surface area contributed by atoms with Gasteiger partial charge in [0.25, 0.3) is 0 Å². The summed E-state index contributed by atoms with van der Waals surface area (Å²) in [5.41, 5.74) is 4.72. The first kappa shape index (κ1) is 14.5. The first-order chi connectivity index (χ1) is 11.1. The lowest BCUT2D eigenvalue weighted by Gasteiger charge is -2.18. The van der Waals surface area contributed by atoms with Crippen LogP contribution in [0.4, 0.5) is 0 Å². The molecule has 0 saturated heterocycles. The normalized spacial score (nSPS) is 28.3. The standard InChI is InChI=1S/C20H21NO2/c1-12-6-2-4-8-14(12)16-11-17(16)20(23)21-19-15-9-5-3-7-13(15)10-18(19)22/h2-9,16-19,22H,10-11H2,1H3,(H,21,23). The summed E-state index contributed by atoms with van der Waals surface area (Å²) in [5, 5.41) is 13.4. The Morgan fingerprint density at radius 3 is 2.57 bits per heavy atom. The highest BCUT2D eigenvalue weighted by Crippen LogP contribution is 2.49. The summed E-state index contributed by atoms with van der Waals surface area (Å²) in [4.78, 5) is 12.6. The van der Waals surface area contributed by atoms with Crippen molar-refractivity contribution in [3.63, 3.8) is 0 Å². The topological polar surface area (TPSA) is 49.3 Å². The molecule has 0 radical (unpaired) electrons. The lowest BCUT2D eigenvalue weighted by molar-refractivity contribution is -0.123. The van der Waals surface area contributed by atoms with Crippen molar-refractivity contribution in [3.05, 3.63) is 70.8 Å². The molecule has 2 aliphatic rings. The van der Waals surface area contributed by atoms with E-state index >= 15 is 0 Å². The molecule has 0 aromatic heterocycles. The van der Waals surface area contributed by atoms with E-state index in [9.17, 15) is 9.90 Å². The highest BCUT2D eigenvalue weighted by molar-refractivity contribution is 5.83. The maximum atomic E-state index is 12.6. The molecule has 23 heavy (non-hydrogen) atoms. The fourth-order valence-electron chi connectivity index (χ4n) is 3.84. The van der Waals surface area contributed by atoms with Crippen molar-refractivity contribution in [2.24, 2.45) is 5.92 Å². The summed E-state index contributed by atoms with van der Waals surface area (Å²) in [5.74, 6) is 0.431. The van der Waals surface area contributed by atoms with Gasteiger partial charge in [0.15, 0.2) is 0 Å². The number of amides is 1. The number of aryl methyl sites for hydroxylation is 1. The van der Waals surface area contributed by atoms with E-state index in [0.29, 0.717) is 12.3 Å². The molecule has 0 heterocycles. The highest BCUT2D eigenvalue weighted by atomic mass is 16.3. The molecular weight excluding hydrogens is 286 g/mol. The molecule has 118 valence electrons. The second-order valence-electron chi connectivity index (χ2n) is 6.76. The third-order valence-corrected chi connectivity index (χ3v) is 5.22. The highest BCUT2D eigenvalue weighted by Gasteiger charge is 2.46. The van der Waals surface area contributed by atoms with Gasteiger partial charge in [-0.2, -0.15) is 0 Å². The zero-order valence-corrected chi connectivity index (χ0v) is 13.2. The largest absolute Gasteiger partial charge is 0.390 e. The van der Waals surface area contributed by atoms with Crippen LogP contribution in [0.15, 0.2) is 48.5 Å². The second-order valence-corrected chi connectivity index (χ2v) is 6.76. The quantitative estimate of drug-likeness (QED) is 0.916. The van der Waals surface area contributed by atoms with E-state index in [2.05, 4.69) is 24.4 Å². The van der Waals surface area contributed by atoms with Crippen LogP contribution < -0.4 is 5.32 Å².